The first-order chi connectivity index (χ1) is 15.2. The fourth-order valence-corrected chi connectivity index (χ4v) is 4.17. The molecule has 1 saturated carbocycles. The number of carbonyl (C=O) groups is 1. The van der Waals surface area contributed by atoms with Crippen LogP contribution < -0.4 is 15.5 Å². The van der Waals surface area contributed by atoms with Crippen molar-refractivity contribution in [2.24, 2.45) is 0 Å². The molecule has 0 aliphatic heterocycles. The highest BCUT2D eigenvalue weighted by atomic mass is 19.4. The van der Waals surface area contributed by atoms with Crippen molar-refractivity contribution in [3.8, 4) is 0 Å². The number of amides is 1. The Morgan fingerprint density at radius 1 is 1.03 bits per heavy atom. The number of fused-ring (bicyclic) bond motifs is 1. The molecule has 3 aromatic rings. The second-order valence-electron chi connectivity index (χ2n) is 8.34. The molecular formula is C23H26F3N5O. The number of nitrogens with one attached hydrogen (secondary N) is 2. The second kappa shape index (κ2) is 8.72. The Kier molecular flexibility index (Phi) is 5.99. The van der Waals surface area contributed by atoms with E-state index in [-0.39, 0.29) is 23.6 Å². The molecule has 6 nitrogen and oxygen atoms in total. The van der Waals surface area contributed by atoms with Crippen LogP contribution in [-0.2, 0) is 6.18 Å². The molecule has 0 atom stereocenters. The zero-order valence-electron chi connectivity index (χ0n) is 18.0. The number of carbonyl (C=O) groups excluding carboxylic acids is 1. The first-order valence-corrected chi connectivity index (χ1v) is 10.6. The van der Waals surface area contributed by atoms with Gasteiger partial charge in [0.25, 0.3) is 5.91 Å². The fourth-order valence-electron chi connectivity index (χ4n) is 4.17. The number of hydrogen-bond donors (Lipinski definition) is 2. The number of imidazole rings is 1. The lowest BCUT2D eigenvalue weighted by Gasteiger charge is -2.30. The summed E-state index contributed by atoms with van der Waals surface area (Å²) in [5.74, 6) is 0.492. The molecule has 4 rings (SSSR count). The Bertz CT molecular complexity index is 1100. The van der Waals surface area contributed by atoms with Crippen molar-refractivity contribution in [3.63, 3.8) is 0 Å². The van der Waals surface area contributed by atoms with E-state index in [9.17, 15) is 18.0 Å². The van der Waals surface area contributed by atoms with Crippen molar-refractivity contribution in [1.82, 2.24) is 14.7 Å². The summed E-state index contributed by atoms with van der Waals surface area (Å²) in [7, 11) is 3.81. The van der Waals surface area contributed by atoms with Crippen LogP contribution in [0.5, 0.6) is 0 Å². The smallest absolute Gasteiger partial charge is 0.377 e. The molecule has 0 spiro atoms. The topological polar surface area (TPSA) is 61.7 Å². The molecule has 2 heterocycles. The van der Waals surface area contributed by atoms with Crippen molar-refractivity contribution in [2.75, 3.05) is 24.3 Å². The number of para-hydroxylation sites is 1. The van der Waals surface area contributed by atoms with Crippen molar-refractivity contribution < 1.29 is 18.0 Å². The van der Waals surface area contributed by atoms with E-state index >= 15 is 0 Å². The van der Waals surface area contributed by atoms with Crippen LogP contribution in [0.3, 0.4) is 0 Å². The SMILES string of the molecule is CN(C)c1ccccc1C(=O)N[C@H]1CC[C@@H](Nc2cccc3nc(C(F)(F)F)cn23)CC1. The van der Waals surface area contributed by atoms with E-state index in [0.717, 1.165) is 37.6 Å². The van der Waals surface area contributed by atoms with Crippen LogP contribution in [-0.4, -0.2) is 41.5 Å². The van der Waals surface area contributed by atoms with Gasteiger partial charge in [0.1, 0.15) is 11.5 Å². The summed E-state index contributed by atoms with van der Waals surface area (Å²) < 4.78 is 40.5. The van der Waals surface area contributed by atoms with Gasteiger partial charge in [-0.25, -0.2) is 4.98 Å². The van der Waals surface area contributed by atoms with E-state index < -0.39 is 11.9 Å². The lowest BCUT2D eigenvalue weighted by Crippen LogP contribution is -2.40. The summed E-state index contributed by atoms with van der Waals surface area (Å²) >= 11 is 0. The Hall–Kier alpha value is -3.23. The van der Waals surface area contributed by atoms with Gasteiger partial charge in [0.2, 0.25) is 0 Å². The number of rotatable bonds is 5. The Morgan fingerprint density at radius 2 is 1.72 bits per heavy atom. The molecular weight excluding hydrogens is 419 g/mol. The standard InChI is InChI=1S/C23H26F3N5O/c1-30(2)18-7-4-3-6-17(18)22(32)28-16-12-10-15(11-13-16)27-20-8-5-9-21-29-19(14-31(20)21)23(24,25)26/h3-9,14-16,27H,10-13H2,1-2H3,(H,28,32)/t15-,16+. The molecule has 2 N–H and O–H groups in total. The van der Waals surface area contributed by atoms with Crippen LogP contribution >= 0.6 is 0 Å². The number of halogens is 3. The molecule has 0 saturated heterocycles. The van der Waals surface area contributed by atoms with Gasteiger partial charge in [0.05, 0.1) is 5.56 Å². The van der Waals surface area contributed by atoms with Gasteiger partial charge < -0.3 is 15.5 Å². The first kappa shape index (κ1) is 22.0. The highest BCUT2D eigenvalue weighted by molar-refractivity contribution is 5.99. The molecule has 0 bridgehead atoms. The molecule has 1 amide bonds. The molecule has 9 heteroatoms. The van der Waals surface area contributed by atoms with Gasteiger partial charge in [0.15, 0.2) is 5.69 Å². The van der Waals surface area contributed by atoms with Crippen LogP contribution in [0.4, 0.5) is 24.7 Å². The summed E-state index contributed by atoms with van der Waals surface area (Å²) in [4.78, 5) is 18.4. The molecule has 32 heavy (non-hydrogen) atoms. The minimum absolute atomic E-state index is 0.0663. The zero-order chi connectivity index (χ0) is 22.9. The predicted octanol–water partition coefficient (Wildman–Crippen LogP) is 4.57. The maximum absolute atomic E-state index is 13.0. The van der Waals surface area contributed by atoms with E-state index in [1.54, 1.807) is 18.2 Å². The Morgan fingerprint density at radius 3 is 2.41 bits per heavy atom. The van der Waals surface area contributed by atoms with E-state index in [0.29, 0.717) is 11.4 Å². The molecule has 1 aromatic carbocycles. The highest BCUT2D eigenvalue weighted by Crippen LogP contribution is 2.30. The summed E-state index contributed by atoms with van der Waals surface area (Å²) in [6.45, 7) is 0. The molecule has 1 aliphatic carbocycles. The van der Waals surface area contributed by atoms with Crippen LogP contribution in [0.2, 0.25) is 0 Å². The number of benzene rings is 1. The normalized spacial score (nSPS) is 19.0. The monoisotopic (exact) mass is 445 g/mol. The summed E-state index contributed by atoms with van der Waals surface area (Å²) in [6.07, 6.45) is -0.270. The van der Waals surface area contributed by atoms with Gasteiger partial charge in [0, 0.05) is 38.1 Å². The van der Waals surface area contributed by atoms with Gasteiger partial charge in [-0.15, -0.1) is 0 Å². The first-order valence-electron chi connectivity index (χ1n) is 10.6. The van der Waals surface area contributed by atoms with Crippen LogP contribution in [0.1, 0.15) is 41.7 Å². The maximum Gasteiger partial charge on any atom is 0.434 e. The van der Waals surface area contributed by atoms with Gasteiger partial charge in [-0.3, -0.25) is 9.20 Å². The maximum atomic E-state index is 13.0. The third-order valence-electron chi connectivity index (χ3n) is 5.83. The van der Waals surface area contributed by atoms with Crippen molar-refractivity contribution in [2.45, 2.75) is 43.9 Å². The molecule has 170 valence electrons. The Labute approximate surface area is 184 Å². The van der Waals surface area contributed by atoms with E-state index in [1.165, 1.54) is 4.40 Å². The van der Waals surface area contributed by atoms with Gasteiger partial charge in [-0.1, -0.05) is 18.2 Å². The third-order valence-corrected chi connectivity index (χ3v) is 5.83. The zero-order valence-corrected chi connectivity index (χ0v) is 18.0. The van der Waals surface area contributed by atoms with Crippen LogP contribution in [0.25, 0.3) is 5.65 Å². The predicted molar refractivity (Wildman–Crippen MR) is 118 cm³/mol. The highest BCUT2D eigenvalue weighted by Gasteiger charge is 2.34. The number of aromatic nitrogens is 2. The summed E-state index contributed by atoms with van der Waals surface area (Å²) in [5, 5.41) is 6.49. The van der Waals surface area contributed by atoms with Crippen LogP contribution in [0, 0.1) is 0 Å². The number of anilines is 2. The van der Waals surface area contributed by atoms with Crippen LogP contribution in [0.15, 0.2) is 48.7 Å². The van der Waals surface area contributed by atoms with Gasteiger partial charge in [-0.05, 0) is 49.9 Å². The largest absolute Gasteiger partial charge is 0.434 e. The quantitative estimate of drug-likeness (QED) is 0.604. The molecule has 2 aromatic heterocycles. The average molecular weight is 445 g/mol. The lowest BCUT2D eigenvalue weighted by molar-refractivity contribution is -0.140. The molecule has 0 unspecified atom stereocenters. The number of nitrogens with zero attached hydrogens (tertiary/aromatic N) is 3. The lowest BCUT2D eigenvalue weighted by atomic mass is 9.91. The summed E-state index contributed by atoms with van der Waals surface area (Å²) in [5.41, 5.74) is 0.857. The molecule has 1 fully saturated rings. The summed E-state index contributed by atoms with van der Waals surface area (Å²) in [6, 6.07) is 12.7. The Balaban J connectivity index is 1.38. The number of hydrogen-bond acceptors (Lipinski definition) is 4. The van der Waals surface area contributed by atoms with E-state index in [1.807, 2.05) is 43.3 Å². The van der Waals surface area contributed by atoms with Gasteiger partial charge >= 0.3 is 6.18 Å². The minimum atomic E-state index is -4.48. The fraction of sp³-hybridized carbons (Fsp3) is 0.391. The number of pyridine rings is 1. The van der Waals surface area contributed by atoms with Crippen molar-refractivity contribution >= 4 is 23.1 Å². The minimum Gasteiger partial charge on any atom is -0.377 e. The van der Waals surface area contributed by atoms with Gasteiger partial charge in [-0.2, -0.15) is 13.2 Å². The van der Waals surface area contributed by atoms with Crippen molar-refractivity contribution in [3.05, 3.63) is 59.9 Å². The average Bonchev–Trinajstić information content (AvgIpc) is 3.21. The van der Waals surface area contributed by atoms with E-state index in [4.69, 9.17) is 0 Å². The molecule has 0 radical (unpaired) electrons. The number of alkyl halides is 3. The second-order valence-corrected chi connectivity index (χ2v) is 8.34. The molecule has 1 aliphatic rings. The third kappa shape index (κ3) is 4.66. The van der Waals surface area contributed by atoms with E-state index in [2.05, 4.69) is 15.6 Å². The van der Waals surface area contributed by atoms with Crippen molar-refractivity contribution in [1.29, 1.82) is 0 Å².